The maximum Gasteiger partial charge on any atom is 0.247 e. The Kier molecular flexibility index (Phi) is 4.13. The molecule has 0 spiro atoms. The number of nitrogens with zero attached hydrogens (tertiary/aromatic N) is 2. The van der Waals surface area contributed by atoms with Gasteiger partial charge in [0.2, 0.25) is 11.8 Å². The lowest BCUT2D eigenvalue weighted by Crippen LogP contribution is -2.64. The molecule has 2 amide bonds. The third-order valence-corrected chi connectivity index (χ3v) is 3.01. The number of carbonyl (C=O) groups is 2. The van der Waals surface area contributed by atoms with Crippen LogP contribution >= 0.6 is 0 Å². The molecule has 0 aromatic heterocycles. The summed E-state index contributed by atoms with van der Waals surface area (Å²) < 4.78 is 0. The van der Waals surface area contributed by atoms with Crippen molar-refractivity contribution in [2.24, 2.45) is 0 Å². The molecule has 0 saturated carbocycles. The van der Waals surface area contributed by atoms with Crippen molar-refractivity contribution in [3.8, 4) is 12.3 Å². The van der Waals surface area contributed by atoms with Crippen LogP contribution in [0.5, 0.6) is 0 Å². The molecule has 0 unspecified atom stereocenters. The maximum atomic E-state index is 12.0. The van der Waals surface area contributed by atoms with E-state index in [1.807, 2.05) is 0 Å². The van der Waals surface area contributed by atoms with Gasteiger partial charge in [0.05, 0.1) is 13.1 Å². The van der Waals surface area contributed by atoms with Gasteiger partial charge in [0.25, 0.3) is 0 Å². The van der Waals surface area contributed by atoms with Gasteiger partial charge in [-0.1, -0.05) is 5.92 Å². The second-order valence-corrected chi connectivity index (χ2v) is 4.64. The van der Waals surface area contributed by atoms with Gasteiger partial charge in [-0.2, -0.15) is 0 Å². The minimum absolute atomic E-state index is 0.0333. The average Bonchev–Trinajstić information content (AvgIpc) is 2.26. The summed E-state index contributed by atoms with van der Waals surface area (Å²) in [5, 5.41) is 2.84. The van der Waals surface area contributed by atoms with Crippen LogP contribution in [0.4, 0.5) is 0 Å². The topological polar surface area (TPSA) is 52.7 Å². The van der Waals surface area contributed by atoms with Crippen LogP contribution in [-0.2, 0) is 9.59 Å². The highest BCUT2D eigenvalue weighted by molar-refractivity contribution is 5.92. The van der Waals surface area contributed by atoms with E-state index in [1.54, 1.807) is 30.7 Å². The molecule has 1 aliphatic rings. The molecule has 94 valence electrons. The molecule has 1 heterocycles. The van der Waals surface area contributed by atoms with Crippen molar-refractivity contribution < 1.29 is 9.59 Å². The van der Waals surface area contributed by atoms with Crippen molar-refractivity contribution in [2.45, 2.75) is 19.4 Å². The van der Waals surface area contributed by atoms with Crippen molar-refractivity contribution in [3.05, 3.63) is 0 Å². The summed E-state index contributed by atoms with van der Waals surface area (Å²) in [5.41, 5.74) is -0.776. The quantitative estimate of drug-likeness (QED) is 0.521. The number of rotatable bonds is 3. The first kappa shape index (κ1) is 13.5. The zero-order valence-electron chi connectivity index (χ0n) is 10.6. The molecular weight excluding hydrogens is 218 g/mol. The first-order chi connectivity index (χ1) is 7.91. The predicted octanol–water partition coefficient (Wildman–Crippen LogP) is -0.712. The van der Waals surface area contributed by atoms with E-state index in [9.17, 15) is 9.59 Å². The Bertz CT molecular complexity index is 357. The zero-order valence-corrected chi connectivity index (χ0v) is 10.6. The highest BCUT2D eigenvalue weighted by Crippen LogP contribution is 2.21. The molecule has 0 aliphatic carbocycles. The molecule has 0 radical (unpaired) electrons. The van der Waals surface area contributed by atoms with Gasteiger partial charge in [-0.3, -0.25) is 14.9 Å². The van der Waals surface area contributed by atoms with E-state index in [4.69, 9.17) is 6.42 Å². The number of nitrogens with one attached hydrogen (secondary N) is 1. The van der Waals surface area contributed by atoms with E-state index >= 15 is 0 Å². The molecule has 1 rings (SSSR count). The van der Waals surface area contributed by atoms with Crippen molar-refractivity contribution in [2.75, 3.05) is 33.2 Å². The monoisotopic (exact) mass is 237 g/mol. The van der Waals surface area contributed by atoms with E-state index in [0.717, 1.165) is 0 Å². The summed E-state index contributed by atoms with van der Waals surface area (Å²) in [5.74, 6) is 2.28. The maximum absolute atomic E-state index is 12.0. The van der Waals surface area contributed by atoms with Gasteiger partial charge in [-0.25, -0.2) is 0 Å². The van der Waals surface area contributed by atoms with E-state index in [1.165, 1.54) is 0 Å². The lowest BCUT2D eigenvalue weighted by Gasteiger charge is -2.44. The van der Waals surface area contributed by atoms with Crippen LogP contribution in [0.25, 0.3) is 0 Å². The molecule has 1 N–H and O–H groups in total. The normalized spacial score (nSPS) is 19.1. The minimum atomic E-state index is -0.776. The molecule has 0 atom stereocenters. The highest BCUT2D eigenvalue weighted by Gasteiger charge is 2.42. The molecule has 1 aliphatic heterocycles. The van der Waals surface area contributed by atoms with Crippen molar-refractivity contribution in [1.29, 1.82) is 0 Å². The summed E-state index contributed by atoms with van der Waals surface area (Å²) in [6, 6.07) is 0. The SMILES string of the molecule is C#CCNCC(=O)N1CCN(C)C(=O)C1(C)C. The molecule has 17 heavy (non-hydrogen) atoms. The molecule has 1 saturated heterocycles. The number of terminal acetylenes is 1. The fourth-order valence-electron chi connectivity index (χ4n) is 1.99. The molecule has 0 aromatic carbocycles. The van der Waals surface area contributed by atoms with Crippen LogP contribution in [0.15, 0.2) is 0 Å². The van der Waals surface area contributed by atoms with Gasteiger partial charge in [-0.05, 0) is 13.8 Å². The predicted molar refractivity (Wildman–Crippen MR) is 65.1 cm³/mol. The van der Waals surface area contributed by atoms with Gasteiger partial charge in [0, 0.05) is 20.1 Å². The fourth-order valence-corrected chi connectivity index (χ4v) is 1.99. The summed E-state index contributed by atoms with van der Waals surface area (Å²) in [4.78, 5) is 27.2. The third kappa shape index (κ3) is 2.77. The second-order valence-electron chi connectivity index (χ2n) is 4.64. The highest BCUT2D eigenvalue weighted by atomic mass is 16.2. The largest absolute Gasteiger partial charge is 0.342 e. The van der Waals surface area contributed by atoms with Gasteiger partial charge in [0.1, 0.15) is 5.54 Å². The van der Waals surface area contributed by atoms with Gasteiger partial charge < -0.3 is 9.80 Å². The van der Waals surface area contributed by atoms with Gasteiger partial charge in [-0.15, -0.1) is 6.42 Å². The third-order valence-electron chi connectivity index (χ3n) is 3.01. The van der Waals surface area contributed by atoms with Crippen LogP contribution < -0.4 is 5.32 Å². The van der Waals surface area contributed by atoms with E-state index in [2.05, 4.69) is 11.2 Å². The molecule has 5 heteroatoms. The van der Waals surface area contributed by atoms with Crippen LogP contribution in [-0.4, -0.2) is 60.4 Å². The number of amides is 2. The summed E-state index contributed by atoms with van der Waals surface area (Å²) >= 11 is 0. The summed E-state index contributed by atoms with van der Waals surface area (Å²) in [6.45, 7) is 5.20. The summed E-state index contributed by atoms with van der Waals surface area (Å²) in [7, 11) is 1.75. The Balaban J connectivity index is 2.67. The second kappa shape index (κ2) is 5.19. The summed E-state index contributed by atoms with van der Waals surface area (Å²) in [6.07, 6.45) is 5.09. The van der Waals surface area contributed by atoms with E-state index in [-0.39, 0.29) is 18.4 Å². The zero-order chi connectivity index (χ0) is 13.1. The van der Waals surface area contributed by atoms with Crippen molar-refractivity contribution in [3.63, 3.8) is 0 Å². The number of carbonyl (C=O) groups excluding carboxylic acids is 2. The lowest BCUT2D eigenvalue weighted by molar-refractivity contribution is -0.156. The molecule has 5 nitrogen and oxygen atoms in total. The standard InChI is InChI=1S/C12H19N3O2/c1-5-6-13-9-10(16)15-8-7-14(4)11(17)12(15,2)3/h1,13H,6-9H2,2-4H3. The van der Waals surface area contributed by atoms with E-state index in [0.29, 0.717) is 19.6 Å². The fraction of sp³-hybridized carbons (Fsp3) is 0.667. The molecule has 1 fully saturated rings. The van der Waals surface area contributed by atoms with Gasteiger partial charge >= 0.3 is 0 Å². The van der Waals surface area contributed by atoms with Crippen molar-refractivity contribution >= 4 is 11.8 Å². The molecular formula is C12H19N3O2. The van der Waals surface area contributed by atoms with Crippen LogP contribution in [0.2, 0.25) is 0 Å². The van der Waals surface area contributed by atoms with Gasteiger partial charge in [0.15, 0.2) is 0 Å². The molecule has 0 aromatic rings. The lowest BCUT2D eigenvalue weighted by atomic mass is 9.97. The smallest absolute Gasteiger partial charge is 0.247 e. The first-order valence-corrected chi connectivity index (χ1v) is 5.61. The Labute approximate surface area is 102 Å². The van der Waals surface area contributed by atoms with Crippen LogP contribution in [0, 0.1) is 12.3 Å². The number of hydrogen-bond donors (Lipinski definition) is 1. The van der Waals surface area contributed by atoms with Crippen LogP contribution in [0.1, 0.15) is 13.8 Å². The van der Waals surface area contributed by atoms with E-state index < -0.39 is 5.54 Å². The molecule has 0 bridgehead atoms. The Morgan fingerprint density at radius 3 is 2.76 bits per heavy atom. The average molecular weight is 237 g/mol. The van der Waals surface area contributed by atoms with Crippen LogP contribution in [0.3, 0.4) is 0 Å². The van der Waals surface area contributed by atoms with Crippen molar-refractivity contribution in [1.82, 2.24) is 15.1 Å². The number of piperazine rings is 1. The number of hydrogen-bond acceptors (Lipinski definition) is 3. The minimum Gasteiger partial charge on any atom is -0.342 e. The Morgan fingerprint density at radius 1 is 1.53 bits per heavy atom. The Morgan fingerprint density at radius 2 is 2.18 bits per heavy atom. The Hall–Kier alpha value is -1.54. The first-order valence-electron chi connectivity index (χ1n) is 5.61. The number of likely N-dealkylation sites (N-methyl/N-ethyl adjacent to an activating group) is 1.